The molecule has 3 rings (SSSR count). The summed E-state index contributed by atoms with van der Waals surface area (Å²) in [5, 5.41) is 13.9. The van der Waals surface area contributed by atoms with Gasteiger partial charge in [0.05, 0.1) is 0 Å². The molecular weight excluding hydrogens is 384 g/mol. The van der Waals surface area contributed by atoms with Crippen LogP contribution in [-0.4, -0.2) is 42.3 Å². The zero-order valence-electron chi connectivity index (χ0n) is 16.9. The monoisotopic (exact) mass is 410 g/mol. The van der Waals surface area contributed by atoms with Crippen molar-refractivity contribution < 1.29 is 24.2 Å². The molecule has 0 saturated heterocycles. The summed E-state index contributed by atoms with van der Waals surface area (Å²) in [5.41, 5.74) is 4.68. The molecule has 0 saturated carbocycles. The Morgan fingerprint density at radius 3 is 2.20 bits per heavy atom. The van der Waals surface area contributed by atoms with Gasteiger partial charge >= 0.3 is 12.1 Å². The van der Waals surface area contributed by atoms with Crippen LogP contribution >= 0.6 is 0 Å². The van der Waals surface area contributed by atoms with Crippen LogP contribution in [0.3, 0.4) is 0 Å². The van der Waals surface area contributed by atoms with Crippen LogP contribution in [0.5, 0.6) is 0 Å². The SMILES string of the molecule is C[C@H](NC(=O)CCCCNC(=O)OCC1c2ccccc2-c2ccccc21)C(=O)O. The number of alkyl carbamates (subject to hydrolysis) is 1. The lowest BCUT2D eigenvalue weighted by Crippen LogP contribution is -2.38. The lowest BCUT2D eigenvalue weighted by molar-refractivity contribution is -0.141. The summed E-state index contributed by atoms with van der Waals surface area (Å²) >= 11 is 0. The fourth-order valence-corrected chi connectivity index (χ4v) is 3.63. The van der Waals surface area contributed by atoms with Crippen molar-refractivity contribution in [2.75, 3.05) is 13.2 Å². The average molecular weight is 410 g/mol. The Hall–Kier alpha value is -3.35. The number of fused-ring (bicyclic) bond motifs is 3. The Bertz CT molecular complexity index is 882. The van der Waals surface area contributed by atoms with E-state index in [1.165, 1.54) is 18.1 Å². The number of amides is 2. The highest BCUT2D eigenvalue weighted by Crippen LogP contribution is 2.44. The molecule has 0 aromatic heterocycles. The zero-order valence-corrected chi connectivity index (χ0v) is 16.9. The Kier molecular flexibility index (Phi) is 7.06. The van der Waals surface area contributed by atoms with Crippen LogP contribution in [0.1, 0.15) is 43.2 Å². The number of ether oxygens (including phenoxy) is 1. The molecule has 0 bridgehead atoms. The third-order valence-electron chi connectivity index (χ3n) is 5.19. The van der Waals surface area contributed by atoms with Crippen molar-refractivity contribution in [2.45, 2.75) is 38.1 Å². The first-order valence-corrected chi connectivity index (χ1v) is 10.1. The Morgan fingerprint density at radius 2 is 1.60 bits per heavy atom. The van der Waals surface area contributed by atoms with Crippen molar-refractivity contribution in [3.05, 3.63) is 59.7 Å². The van der Waals surface area contributed by atoms with Gasteiger partial charge in [-0.2, -0.15) is 0 Å². The predicted molar refractivity (Wildman–Crippen MR) is 112 cm³/mol. The first-order chi connectivity index (χ1) is 14.5. The summed E-state index contributed by atoms with van der Waals surface area (Å²) in [6.07, 6.45) is 0.867. The van der Waals surface area contributed by atoms with Crippen LogP contribution in [0.25, 0.3) is 11.1 Å². The molecule has 7 heteroatoms. The lowest BCUT2D eigenvalue weighted by Gasteiger charge is -2.14. The second-order valence-corrected chi connectivity index (χ2v) is 7.34. The summed E-state index contributed by atoms with van der Waals surface area (Å²) in [6, 6.07) is 15.4. The van der Waals surface area contributed by atoms with Crippen molar-refractivity contribution in [1.82, 2.24) is 10.6 Å². The van der Waals surface area contributed by atoms with Gasteiger partial charge in [0.25, 0.3) is 0 Å². The van der Waals surface area contributed by atoms with E-state index >= 15 is 0 Å². The second kappa shape index (κ2) is 9.91. The van der Waals surface area contributed by atoms with E-state index in [1.54, 1.807) is 0 Å². The van der Waals surface area contributed by atoms with Crippen molar-refractivity contribution >= 4 is 18.0 Å². The standard InChI is InChI=1S/C23H26N2O5/c1-15(22(27)28)25-21(26)12-6-7-13-24-23(29)30-14-20-18-10-4-2-8-16(18)17-9-3-5-11-19(17)20/h2-5,8-11,15,20H,6-7,12-14H2,1H3,(H,24,29)(H,25,26)(H,27,28)/t15-/m0/s1. The maximum atomic E-state index is 12.1. The molecule has 158 valence electrons. The summed E-state index contributed by atoms with van der Waals surface area (Å²) in [4.78, 5) is 34.4. The van der Waals surface area contributed by atoms with Gasteiger partial charge in [0, 0.05) is 18.9 Å². The molecule has 1 atom stereocenters. The van der Waals surface area contributed by atoms with Gasteiger partial charge in [-0.05, 0) is 42.0 Å². The minimum absolute atomic E-state index is 0.0167. The molecule has 0 aliphatic heterocycles. The van der Waals surface area contributed by atoms with Gasteiger partial charge in [0.1, 0.15) is 12.6 Å². The van der Waals surface area contributed by atoms with Crippen molar-refractivity contribution in [3.8, 4) is 11.1 Å². The van der Waals surface area contributed by atoms with E-state index in [0.717, 1.165) is 11.1 Å². The maximum absolute atomic E-state index is 12.1. The lowest BCUT2D eigenvalue weighted by atomic mass is 9.98. The molecule has 2 aromatic carbocycles. The number of rotatable bonds is 9. The largest absolute Gasteiger partial charge is 0.480 e. The number of carboxylic acids is 1. The fraction of sp³-hybridized carbons (Fsp3) is 0.348. The summed E-state index contributed by atoms with van der Waals surface area (Å²) in [6.45, 7) is 2.06. The van der Waals surface area contributed by atoms with Crippen LogP contribution in [0.2, 0.25) is 0 Å². The van der Waals surface area contributed by atoms with Gasteiger partial charge in [0.2, 0.25) is 5.91 Å². The molecule has 30 heavy (non-hydrogen) atoms. The van der Waals surface area contributed by atoms with Gasteiger partial charge in [-0.25, -0.2) is 4.79 Å². The van der Waals surface area contributed by atoms with Crippen molar-refractivity contribution in [3.63, 3.8) is 0 Å². The molecule has 7 nitrogen and oxygen atoms in total. The number of carboxylic acid groups (broad SMARTS) is 1. The van der Waals surface area contributed by atoms with E-state index in [2.05, 4.69) is 34.9 Å². The van der Waals surface area contributed by atoms with E-state index in [4.69, 9.17) is 9.84 Å². The summed E-state index contributed by atoms with van der Waals surface area (Å²) < 4.78 is 5.45. The van der Waals surface area contributed by atoms with Crippen molar-refractivity contribution in [2.24, 2.45) is 0 Å². The van der Waals surface area contributed by atoms with Crippen LogP contribution in [-0.2, 0) is 14.3 Å². The van der Waals surface area contributed by atoms with E-state index in [0.29, 0.717) is 19.4 Å². The predicted octanol–water partition coefficient (Wildman–Crippen LogP) is 3.28. The number of aliphatic carboxylic acids is 1. The zero-order chi connectivity index (χ0) is 21.5. The van der Waals surface area contributed by atoms with Crippen molar-refractivity contribution in [1.29, 1.82) is 0 Å². The number of unbranched alkanes of at least 4 members (excludes halogenated alkanes) is 1. The number of hydrogen-bond donors (Lipinski definition) is 3. The third-order valence-corrected chi connectivity index (χ3v) is 5.19. The number of hydrogen-bond acceptors (Lipinski definition) is 4. The number of nitrogens with one attached hydrogen (secondary N) is 2. The van der Waals surface area contributed by atoms with Crippen LogP contribution in [0.4, 0.5) is 4.79 Å². The van der Waals surface area contributed by atoms with Crippen LogP contribution in [0.15, 0.2) is 48.5 Å². The molecule has 0 spiro atoms. The molecule has 2 aromatic rings. The molecule has 3 N–H and O–H groups in total. The Labute approximate surface area is 175 Å². The van der Waals surface area contributed by atoms with Gasteiger partial charge in [-0.15, -0.1) is 0 Å². The Morgan fingerprint density at radius 1 is 1.00 bits per heavy atom. The molecular formula is C23H26N2O5. The topological polar surface area (TPSA) is 105 Å². The molecule has 2 amide bonds. The highest BCUT2D eigenvalue weighted by molar-refractivity contribution is 5.83. The van der Waals surface area contributed by atoms with E-state index in [-0.39, 0.29) is 24.9 Å². The second-order valence-electron chi connectivity index (χ2n) is 7.34. The molecule has 1 aliphatic rings. The van der Waals surface area contributed by atoms with Crippen LogP contribution in [0, 0.1) is 0 Å². The van der Waals surface area contributed by atoms with Gasteiger partial charge < -0.3 is 20.5 Å². The smallest absolute Gasteiger partial charge is 0.407 e. The van der Waals surface area contributed by atoms with E-state index in [1.807, 2.05) is 24.3 Å². The molecule has 0 fully saturated rings. The first-order valence-electron chi connectivity index (χ1n) is 10.1. The number of carbonyl (C=O) groups is 3. The molecule has 0 heterocycles. The quantitative estimate of drug-likeness (QED) is 0.550. The summed E-state index contributed by atoms with van der Waals surface area (Å²) in [7, 11) is 0. The molecule has 0 unspecified atom stereocenters. The minimum atomic E-state index is -1.07. The third kappa shape index (κ3) is 5.17. The van der Waals surface area contributed by atoms with E-state index < -0.39 is 18.1 Å². The fourth-order valence-electron chi connectivity index (χ4n) is 3.63. The normalized spacial score (nSPS) is 13.1. The highest BCUT2D eigenvalue weighted by atomic mass is 16.5. The minimum Gasteiger partial charge on any atom is -0.480 e. The van der Waals surface area contributed by atoms with Gasteiger partial charge in [0.15, 0.2) is 0 Å². The molecule has 1 aliphatic carbocycles. The first kappa shape index (κ1) is 21.4. The van der Waals surface area contributed by atoms with Gasteiger partial charge in [-0.1, -0.05) is 48.5 Å². The number of carbonyl (C=O) groups excluding carboxylic acids is 2. The van der Waals surface area contributed by atoms with Gasteiger partial charge in [-0.3, -0.25) is 9.59 Å². The molecule has 0 radical (unpaired) electrons. The average Bonchev–Trinajstić information content (AvgIpc) is 3.05. The van der Waals surface area contributed by atoms with Crippen LogP contribution < -0.4 is 10.6 Å². The summed E-state index contributed by atoms with van der Waals surface area (Å²) in [5.74, 6) is -1.37. The maximum Gasteiger partial charge on any atom is 0.407 e. The number of benzene rings is 2. The highest BCUT2D eigenvalue weighted by Gasteiger charge is 2.28. The van der Waals surface area contributed by atoms with E-state index in [9.17, 15) is 14.4 Å². The Balaban J connectivity index is 1.40.